The molecule has 26 heavy (non-hydrogen) atoms. The van der Waals surface area contributed by atoms with Gasteiger partial charge in [0.1, 0.15) is 0 Å². The quantitative estimate of drug-likeness (QED) is 0.810. The van der Waals surface area contributed by atoms with Crippen LogP contribution in [0.1, 0.15) is 35.3 Å². The van der Waals surface area contributed by atoms with Crippen molar-refractivity contribution in [2.75, 3.05) is 17.1 Å². The summed E-state index contributed by atoms with van der Waals surface area (Å²) in [6, 6.07) is 15.3. The van der Waals surface area contributed by atoms with E-state index in [9.17, 15) is 13.2 Å². The highest BCUT2D eigenvalue weighted by Gasteiger charge is 2.28. The summed E-state index contributed by atoms with van der Waals surface area (Å²) < 4.78 is 25.1. The number of benzene rings is 2. The van der Waals surface area contributed by atoms with Crippen LogP contribution in [0.25, 0.3) is 0 Å². The molecule has 0 saturated carbocycles. The fourth-order valence-corrected chi connectivity index (χ4v) is 4.24. The molecule has 6 heteroatoms. The van der Waals surface area contributed by atoms with Crippen LogP contribution in [0.2, 0.25) is 0 Å². The lowest BCUT2D eigenvalue weighted by molar-refractivity contribution is 0.0690. The molecule has 0 spiro atoms. The Kier molecular flexibility index (Phi) is 5.05. The fraction of sp³-hybridized carbons (Fsp3) is 0.350. The molecule has 0 saturated heterocycles. The molecule has 0 N–H and O–H groups in total. The first-order chi connectivity index (χ1) is 12.3. The van der Waals surface area contributed by atoms with Gasteiger partial charge in [0.05, 0.1) is 11.9 Å². The van der Waals surface area contributed by atoms with Crippen molar-refractivity contribution in [1.29, 1.82) is 0 Å². The Balaban J connectivity index is 1.87. The molecule has 0 bridgehead atoms. The van der Waals surface area contributed by atoms with Crippen molar-refractivity contribution >= 4 is 21.6 Å². The Bertz CT molecular complexity index is 908. The van der Waals surface area contributed by atoms with E-state index in [1.807, 2.05) is 55.1 Å². The maximum Gasteiger partial charge on any atom is 0.254 e. The second kappa shape index (κ2) is 7.11. The van der Waals surface area contributed by atoms with Gasteiger partial charge in [-0.1, -0.05) is 30.3 Å². The maximum atomic E-state index is 13.1. The highest BCUT2D eigenvalue weighted by Crippen LogP contribution is 2.31. The molecule has 1 heterocycles. The Hall–Kier alpha value is -2.34. The van der Waals surface area contributed by atoms with Crippen molar-refractivity contribution in [2.45, 2.75) is 32.9 Å². The van der Waals surface area contributed by atoms with Crippen molar-refractivity contribution in [3.8, 4) is 0 Å². The second-order valence-electron chi connectivity index (χ2n) is 6.94. The summed E-state index contributed by atoms with van der Waals surface area (Å²) in [6.07, 6.45) is 1.84. The zero-order chi connectivity index (χ0) is 18.9. The highest BCUT2D eigenvalue weighted by atomic mass is 32.2. The molecule has 2 aromatic carbocycles. The van der Waals surface area contributed by atoms with Crippen LogP contribution in [0, 0.1) is 0 Å². The predicted octanol–water partition coefficient (Wildman–Crippen LogP) is 3.06. The average molecular weight is 372 g/mol. The van der Waals surface area contributed by atoms with Gasteiger partial charge in [-0.05, 0) is 49.6 Å². The summed E-state index contributed by atoms with van der Waals surface area (Å²) in [5.74, 6) is -0.0375. The van der Waals surface area contributed by atoms with Crippen LogP contribution in [0.5, 0.6) is 0 Å². The molecule has 138 valence electrons. The molecular formula is C20H24N2O3S. The van der Waals surface area contributed by atoms with Crippen molar-refractivity contribution in [3.05, 3.63) is 65.2 Å². The minimum Gasteiger partial charge on any atom is -0.332 e. The van der Waals surface area contributed by atoms with Gasteiger partial charge >= 0.3 is 0 Å². The van der Waals surface area contributed by atoms with Crippen LogP contribution in [-0.2, 0) is 23.0 Å². The van der Waals surface area contributed by atoms with Gasteiger partial charge in [0.25, 0.3) is 5.91 Å². The van der Waals surface area contributed by atoms with Gasteiger partial charge in [-0.3, -0.25) is 9.10 Å². The van der Waals surface area contributed by atoms with E-state index in [0.29, 0.717) is 30.8 Å². The van der Waals surface area contributed by atoms with Crippen molar-refractivity contribution in [1.82, 2.24) is 4.90 Å². The van der Waals surface area contributed by atoms with Crippen LogP contribution in [0.3, 0.4) is 0 Å². The first-order valence-corrected chi connectivity index (χ1v) is 10.6. The lowest BCUT2D eigenvalue weighted by Crippen LogP contribution is -2.36. The standard InChI is InChI=1S/C20H24N2O3S/c1-15(2)21(14-16-7-5-4-6-8-16)20(23)18-9-10-19-17(13-18)11-12-22(19)26(3,24)25/h4-10,13,15H,11-12,14H2,1-3H3. The van der Waals surface area contributed by atoms with E-state index in [0.717, 1.165) is 11.1 Å². The molecule has 5 nitrogen and oxygen atoms in total. The number of carbonyl (C=O) groups excluding carboxylic acids is 1. The summed E-state index contributed by atoms with van der Waals surface area (Å²) in [7, 11) is -3.28. The van der Waals surface area contributed by atoms with Gasteiger partial charge in [-0.2, -0.15) is 0 Å². The van der Waals surface area contributed by atoms with Gasteiger partial charge < -0.3 is 4.90 Å². The summed E-state index contributed by atoms with van der Waals surface area (Å²) in [6.45, 7) is 4.98. The van der Waals surface area contributed by atoms with E-state index in [1.54, 1.807) is 12.1 Å². The minimum atomic E-state index is -3.28. The largest absolute Gasteiger partial charge is 0.332 e. The number of hydrogen-bond acceptors (Lipinski definition) is 3. The molecule has 0 fully saturated rings. The lowest BCUT2D eigenvalue weighted by Gasteiger charge is -2.27. The van der Waals surface area contributed by atoms with E-state index in [2.05, 4.69) is 0 Å². The third-order valence-corrected chi connectivity index (χ3v) is 5.84. The Morgan fingerprint density at radius 3 is 2.46 bits per heavy atom. The minimum absolute atomic E-state index is 0.0375. The summed E-state index contributed by atoms with van der Waals surface area (Å²) in [5.41, 5.74) is 3.27. The zero-order valence-electron chi connectivity index (χ0n) is 15.3. The van der Waals surface area contributed by atoms with Crippen molar-refractivity contribution in [3.63, 3.8) is 0 Å². The average Bonchev–Trinajstić information content (AvgIpc) is 3.03. The van der Waals surface area contributed by atoms with Crippen LogP contribution in [0.4, 0.5) is 5.69 Å². The fourth-order valence-electron chi connectivity index (χ4n) is 3.28. The number of rotatable bonds is 5. The lowest BCUT2D eigenvalue weighted by atomic mass is 10.1. The van der Waals surface area contributed by atoms with Gasteiger partial charge in [-0.25, -0.2) is 8.42 Å². The molecule has 1 aliphatic rings. The molecule has 0 aromatic heterocycles. The molecule has 2 aromatic rings. The number of hydrogen-bond donors (Lipinski definition) is 0. The van der Waals surface area contributed by atoms with Gasteiger partial charge in [0.2, 0.25) is 10.0 Å². The monoisotopic (exact) mass is 372 g/mol. The number of carbonyl (C=O) groups is 1. The van der Waals surface area contributed by atoms with Crippen molar-refractivity contribution < 1.29 is 13.2 Å². The van der Waals surface area contributed by atoms with E-state index in [-0.39, 0.29) is 11.9 Å². The smallest absolute Gasteiger partial charge is 0.254 e. The number of fused-ring (bicyclic) bond motifs is 1. The summed E-state index contributed by atoms with van der Waals surface area (Å²) in [5, 5.41) is 0. The Morgan fingerprint density at radius 2 is 1.85 bits per heavy atom. The van der Waals surface area contributed by atoms with Gasteiger partial charge in [-0.15, -0.1) is 0 Å². The van der Waals surface area contributed by atoms with E-state index >= 15 is 0 Å². The Labute approximate surface area is 155 Å². The molecule has 1 aliphatic heterocycles. The first-order valence-electron chi connectivity index (χ1n) is 8.73. The number of amides is 1. The number of anilines is 1. The Morgan fingerprint density at radius 1 is 1.15 bits per heavy atom. The topological polar surface area (TPSA) is 57.7 Å². The molecule has 0 atom stereocenters. The molecule has 0 radical (unpaired) electrons. The molecule has 0 unspecified atom stereocenters. The van der Waals surface area contributed by atoms with Crippen molar-refractivity contribution in [2.24, 2.45) is 0 Å². The number of nitrogens with zero attached hydrogens (tertiary/aromatic N) is 2. The van der Waals surface area contributed by atoms with E-state index < -0.39 is 10.0 Å². The van der Waals surface area contributed by atoms with E-state index in [1.165, 1.54) is 10.6 Å². The summed E-state index contributed by atoms with van der Waals surface area (Å²) in [4.78, 5) is 14.9. The second-order valence-corrected chi connectivity index (χ2v) is 8.85. The van der Waals surface area contributed by atoms with Gasteiger partial charge in [0, 0.05) is 24.7 Å². The molecule has 1 amide bonds. The van der Waals surface area contributed by atoms with Crippen LogP contribution < -0.4 is 4.31 Å². The highest BCUT2D eigenvalue weighted by molar-refractivity contribution is 7.92. The van der Waals surface area contributed by atoms with Gasteiger partial charge in [0.15, 0.2) is 0 Å². The maximum absolute atomic E-state index is 13.1. The normalized spacial score (nSPS) is 13.8. The molecule has 0 aliphatic carbocycles. The van der Waals surface area contributed by atoms with E-state index in [4.69, 9.17) is 0 Å². The first kappa shape index (κ1) is 18.5. The van der Waals surface area contributed by atoms with Crippen LogP contribution in [-0.4, -0.2) is 38.1 Å². The zero-order valence-corrected chi connectivity index (χ0v) is 16.2. The number of sulfonamides is 1. The molecule has 3 rings (SSSR count). The third-order valence-electron chi connectivity index (χ3n) is 4.66. The summed E-state index contributed by atoms with van der Waals surface area (Å²) >= 11 is 0. The third kappa shape index (κ3) is 3.75. The van der Waals surface area contributed by atoms with Crippen LogP contribution >= 0.6 is 0 Å². The van der Waals surface area contributed by atoms with Crippen LogP contribution in [0.15, 0.2) is 48.5 Å². The predicted molar refractivity (Wildman–Crippen MR) is 104 cm³/mol. The molecular weight excluding hydrogens is 348 g/mol. The SMILES string of the molecule is CC(C)N(Cc1ccccc1)C(=O)c1ccc2c(c1)CCN2S(C)(=O)=O.